The quantitative estimate of drug-likeness (QED) is 0.615. The van der Waals surface area contributed by atoms with Crippen LogP contribution in [0.3, 0.4) is 0 Å². The van der Waals surface area contributed by atoms with Crippen molar-refractivity contribution in [2.45, 2.75) is 24.8 Å². The van der Waals surface area contributed by atoms with Gasteiger partial charge >= 0.3 is 0 Å². The molecule has 0 saturated carbocycles. The van der Waals surface area contributed by atoms with Gasteiger partial charge in [0.15, 0.2) is 0 Å². The Labute approximate surface area is 163 Å². The second kappa shape index (κ2) is 9.43. The van der Waals surface area contributed by atoms with E-state index in [0.29, 0.717) is 5.56 Å². The van der Waals surface area contributed by atoms with Gasteiger partial charge < -0.3 is 10.6 Å². The Kier molecular flexibility index (Phi) is 7.24. The average Bonchev–Trinajstić information content (AvgIpc) is 2.65. The van der Waals surface area contributed by atoms with Crippen LogP contribution < -0.4 is 15.4 Å². The summed E-state index contributed by atoms with van der Waals surface area (Å²) in [6.07, 6.45) is 0. The molecule has 2 rings (SSSR count). The number of rotatable bonds is 8. The average molecular weight is 407 g/mol. The third kappa shape index (κ3) is 6.43. The number of aryl methyl sites for hydroxylation is 1. The number of hydrogen-bond donors (Lipinski definition) is 3. The lowest BCUT2D eigenvalue weighted by Crippen LogP contribution is -2.42. The lowest BCUT2D eigenvalue weighted by atomic mass is 10.1. The maximum atomic E-state index is 12.9. The van der Waals surface area contributed by atoms with E-state index in [1.807, 2.05) is 6.92 Å². The van der Waals surface area contributed by atoms with Crippen molar-refractivity contribution < 1.29 is 22.4 Å². The molecule has 0 aliphatic carbocycles. The maximum absolute atomic E-state index is 12.9. The maximum Gasteiger partial charge on any atom is 0.241 e. The molecule has 1 atom stereocenters. The monoisotopic (exact) mass is 407 g/mol. The van der Waals surface area contributed by atoms with Crippen molar-refractivity contribution in [1.82, 2.24) is 15.4 Å². The van der Waals surface area contributed by atoms with E-state index in [0.717, 1.165) is 5.56 Å². The van der Waals surface area contributed by atoms with Crippen LogP contribution in [-0.2, 0) is 19.6 Å². The Bertz CT molecular complexity index is 929. The Morgan fingerprint density at radius 1 is 0.964 bits per heavy atom. The molecule has 0 aromatic heterocycles. The lowest BCUT2D eigenvalue weighted by Gasteiger charge is -2.15. The molecule has 0 spiro atoms. The van der Waals surface area contributed by atoms with Crippen LogP contribution in [0.25, 0.3) is 0 Å². The van der Waals surface area contributed by atoms with Crippen LogP contribution in [0.15, 0.2) is 53.4 Å². The summed E-state index contributed by atoms with van der Waals surface area (Å²) in [4.78, 5) is 23.8. The summed E-state index contributed by atoms with van der Waals surface area (Å²) < 4.78 is 39.3. The van der Waals surface area contributed by atoms with E-state index in [4.69, 9.17) is 0 Å². The Morgan fingerprint density at radius 2 is 1.57 bits per heavy atom. The van der Waals surface area contributed by atoms with E-state index in [9.17, 15) is 22.4 Å². The van der Waals surface area contributed by atoms with Gasteiger partial charge in [0.05, 0.1) is 24.0 Å². The van der Waals surface area contributed by atoms with Gasteiger partial charge in [0.1, 0.15) is 5.82 Å². The number of amides is 2. The van der Waals surface area contributed by atoms with Gasteiger partial charge in [0.2, 0.25) is 21.8 Å². The van der Waals surface area contributed by atoms with Crippen molar-refractivity contribution in [2.24, 2.45) is 0 Å². The molecule has 2 aromatic carbocycles. The molecule has 0 aliphatic rings. The fraction of sp³-hybridized carbons (Fsp3) is 0.263. The first-order chi connectivity index (χ1) is 13.2. The van der Waals surface area contributed by atoms with E-state index in [1.54, 1.807) is 31.2 Å². The third-order valence-electron chi connectivity index (χ3n) is 3.95. The van der Waals surface area contributed by atoms with Gasteiger partial charge in [-0.25, -0.2) is 17.5 Å². The first kappa shape index (κ1) is 21.5. The molecule has 9 heteroatoms. The van der Waals surface area contributed by atoms with Crippen molar-refractivity contribution in [1.29, 1.82) is 0 Å². The molecule has 0 heterocycles. The van der Waals surface area contributed by atoms with E-state index < -0.39 is 28.4 Å². The molecule has 150 valence electrons. The largest absolute Gasteiger partial charge is 0.348 e. The van der Waals surface area contributed by atoms with Gasteiger partial charge in [-0.05, 0) is 43.7 Å². The smallest absolute Gasteiger partial charge is 0.241 e. The molecular formula is C19H22FN3O4S. The van der Waals surface area contributed by atoms with Crippen LogP contribution in [-0.4, -0.2) is 33.3 Å². The molecule has 0 saturated heterocycles. The standard InChI is InChI=1S/C19H22FN3O4S/c1-13-3-9-17(10-4-13)28(26,27)22-12-18(24)21-11-19(25)23-14(2)15-5-7-16(20)8-6-15/h3-10,14,22H,11-12H2,1-2H3,(H,21,24)(H,23,25)/t14-/m1/s1. The van der Waals surface area contributed by atoms with E-state index >= 15 is 0 Å². The van der Waals surface area contributed by atoms with Crippen LogP contribution in [0.5, 0.6) is 0 Å². The molecule has 7 nitrogen and oxygen atoms in total. The van der Waals surface area contributed by atoms with E-state index in [1.165, 1.54) is 24.3 Å². The minimum Gasteiger partial charge on any atom is -0.348 e. The minimum atomic E-state index is -3.81. The molecule has 0 aliphatic heterocycles. The van der Waals surface area contributed by atoms with Gasteiger partial charge in [-0.15, -0.1) is 0 Å². The Hall–Kier alpha value is -2.78. The van der Waals surface area contributed by atoms with E-state index in [-0.39, 0.29) is 23.3 Å². The van der Waals surface area contributed by atoms with Gasteiger partial charge in [0.25, 0.3) is 0 Å². The summed E-state index contributed by atoms with van der Waals surface area (Å²) in [5, 5.41) is 5.00. The van der Waals surface area contributed by atoms with Crippen molar-refractivity contribution in [3.05, 3.63) is 65.5 Å². The highest BCUT2D eigenvalue weighted by Gasteiger charge is 2.16. The summed E-state index contributed by atoms with van der Waals surface area (Å²) in [7, 11) is -3.81. The van der Waals surface area contributed by atoms with Gasteiger partial charge in [0, 0.05) is 0 Å². The third-order valence-corrected chi connectivity index (χ3v) is 5.36. The van der Waals surface area contributed by atoms with Crippen molar-refractivity contribution in [2.75, 3.05) is 13.1 Å². The second-order valence-electron chi connectivity index (χ2n) is 6.26. The lowest BCUT2D eigenvalue weighted by molar-refractivity contribution is -0.125. The summed E-state index contributed by atoms with van der Waals surface area (Å²) in [6, 6.07) is 11.5. The molecule has 0 unspecified atom stereocenters. The highest BCUT2D eigenvalue weighted by Crippen LogP contribution is 2.12. The zero-order valence-electron chi connectivity index (χ0n) is 15.5. The van der Waals surface area contributed by atoms with Crippen molar-refractivity contribution in [3.63, 3.8) is 0 Å². The zero-order valence-corrected chi connectivity index (χ0v) is 16.3. The van der Waals surface area contributed by atoms with Gasteiger partial charge in [-0.2, -0.15) is 0 Å². The molecule has 2 aromatic rings. The number of carbonyl (C=O) groups is 2. The highest BCUT2D eigenvalue weighted by molar-refractivity contribution is 7.89. The van der Waals surface area contributed by atoms with Crippen LogP contribution in [0, 0.1) is 12.7 Å². The topological polar surface area (TPSA) is 104 Å². The van der Waals surface area contributed by atoms with Crippen molar-refractivity contribution in [3.8, 4) is 0 Å². The van der Waals surface area contributed by atoms with Crippen LogP contribution in [0.4, 0.5) is 4.39 Å². The SMILES string of the molecule is Cc1ccc(S(=O)(=O)NCC(=O)NCC(=O)N[C@H](C)c2ccc(F)cc2)cc1. The number of carbonyl (C=O) groups excluding carboxylic acids is 2. The number of sulfonamides is 1. The molecule has 2 amide bonds. The summed E-state index contributed by atoms with van der Waals surface area (Å²) in [5.41, 5.74) is 1.63. The summed E-state index contributed by atoms with van der Waals surface area (Å²) in [6.45, 7) is 2.76. The molecule has 28 heavy (non-hydrogen) atoms. The predicted molar refractivity (Wildman–Crippen MR) is 102 cm³/mol. The number of nitrogens with one attached hydrogen (secondary N) is 3. The molecule has 3 N–H and O–H groups in total. The van der Waals surface area contributed by atoms with Gasteiger partial charge in [-0.3, -0.25) is 9.59 Å². The first-order valence-electron chi connectivity index (χ1n) is 8.55. The number of hydrogen-bond acceptors (Lipinski definition) is 4. The van der Waals surface area contributed by atoms with Crippen LogP contribution >= 0.6 is 0 Å². The fourth-order valence-corrected chi connectivity index (χ4v) is 3.31. The van der Waals surface area contributed by atoms with Crippen LogP contribution in [0.2, 0.25) is 0 Å². The predicted octanol–water partition coefficient (Wildman–Crippen LogP) is 1.41. The Balaban J connectivity index is 1.77. The highest BCUT2D eigenvalue weighted by atomic mass is 32.2. The fourth-order valence-electron chi connectivity index (χ4n) is 2.33. The van der Waals surface area contributed by atoms with Gasteiger partial charge in [-0.1, -0.05) is 29.8 Å². The molecule has 0 fully saturated rings. The van der Waals surface area contributed by atoms with Crippen molar-refractivity contribution >= 4 is 21.8 Å². The number of halogens is 1. The molecule has 0 bridgehead atoms. The normalized spacial score (nSPS) is 12.2. The second-order valence-corrected chi connectivity index (χ2v) is 8.02. The minimum absolute atomic E-state index is 0.0526. The molecule has 0 radical (unpaired) electrons. The van der Waals surface area contributed by atoms with E-state index in [2.05, 4.69) is 15.4 Å². The summed E-state index contributed by atoms with van der Waals surface area (Å²) in [5.74, 6) is -1.46. The Morgan fingerprint density at radius 3 is 2.18 bits per heavy atom. The summed E-state index contributed by atoms with van der Waals surface area (Å²) >= 11 is 0. The number of benzene rings is 2. The first-order valence-corrected chi connectivity index (χ1v) is 10.0. The van der Waals surface area contributed by atoms with Crippen LogP contribution in [0.1, 0.15) is 24.1 Å². The molecular weight excluding hydrogens is 385 g/mol. The zero-order chi connectivity index (χ0) is 20.7.